The van der Waals surface area contributed by atoms with E-state index in [1.54, 1.807) is 0 Å². The van der Waals surface area contributed by atoms with Gasteiger partial charge < -0.3 is 19.5 Å². The number of rotatable bonds is 5. The second kappa shape index (κ2) is 7.13. The number of carbonyl (C=O) groups excluding carboxylic acids is 1. The highest BCUT2D eigenvalue weighted by Gasteiger charge is 2.22. The molecule has 0 bridgehead atoms. The molecular weight excluding hydrogens is 280 g/mol. The van der Waals surface area contributed by atoms with E-state index in [4.69, 9.17) is 4.74 Å². The number of ether oxygens (including phenoxy) is 1. The van der Waals surface area contributed by atoms with Gasteiger partial charge in [-0.05, 0) is 31.6 Å². The predicted molar refractivity (Wildman–Crippen MR) is 83.7 cm³/mol. The van der Waals surface area contributed by atoms with Crippen molar-refractivity contribution in [3.8, 4) is 0 Å². The van der Waals surface area contributed by atoms with Crippen LogP contribution < -0.4 is 5.32 Å². The van der Waals surface area contributed by atoms with Gasteiger partial charge in [0.05, 0.1) is 6.10 Å². The Hall–Kier alpha value is -1.56. The van der Waals surface area contributed by atoms with Crippen molar-refractivity contribution in [2.75, 3.05) is 26.7 Å². The first kappa shape index (κ1) is 15.3. The van der Waals surface area contributed by atoms with Crippen molar-refractivity contribution in [1.82, 2.24) is 19.8 Å². The van der Waals surface area contributed by atoms with Crippen LogP contribution in [0.4, 0.5) is 4.79 Å². The number of nitrogens with one attached hydrogen (secondary N) is 1. The fourth-order valence-electron chi connectivity index (χ4n) is 3.40. The topological polar surface area (TPSA) is 59.4 Å². The van der Waals surface area contributed by atoms with Gasteiger partial charge in [-0.2, -0.15) is 0 Å². The Morgan fingerprint density at radius 3 is 3.27 bits per heavy atom. The molecule has 1 aromatic rings. The smallest absolute Gasteiger partial charge is 0.317 e. The molecule has 1 N–H and O–H groups in total. The summed E-state index contributed by atoms with van der Waals surface area (Å²) in [6, 6.07) is 0.0226. The van der Waals surface area contributed by atoms with Crippen molar-refractivity contribution in [3.63, 3.8) is 0 Å². The number of carbonyl (C=O) groups is 1. The average Bonchev–Trinajstić information content (AvgIpc) is 3.17. The molecule has 6 heteroatoms. The summed E-state index contributed by atoms with van der Waals surface area (Å²) < 4.78 is 7.77. The molecule has 3 heterocycles. The number of imidazole rings is 1. The summed E-state index contributed by atoms with van der Waals surface area (Å²) >= 11 is 0. The van der Waals surface area contributed by atoms with Crippen LogP contribution >= 0.6 is 0 Å². The number of hydrogen-bond donors (Lipinski definition) is 1. The first-order valence-corrected chi connectivity index (χ1v) is 8.33. The Bertz CT molecular complexity index is 496. The number of fused-ring (bicyclic) bond motifs is 1. The predicted octanol–water partition coefficient (Wildman–Crippen LogP) is 1.66. The Morgan fingerprint density at radius 2 is 2.45 bits per heavy atom. The maximum atomic E-state index is 12.1. The first-order valence-electron chi connectivity index (χ1n) is 8.33. The molecule has 122 valence electrons. The van der Waals surface area contributed by atoms with Crippen molar-refractivity contribution >= 4 is 6.03 Å². The lowest BCUT2D eigenvalue weighted by molar-refractivity contribution is 0.104. The summed E-state index contributed by atoms with van der Waals surface area (Å²) in [7, 11) is 1.88. The molecule has 1 saturated heterocycles. The van der Waals surface area contributed by atoms with E-state index in [0.717, 1.165) is 51.8 Å². The standard InChI is InChI=1S/C16H26N4O2/c1-19(16(21)18-7-6-14-3-2-10-22-14)11-13-4-5-15-17-8-9-20(15)12-13/h8-9,13-14H,2-7,10-12H2,1H3,(H,18,21)/t13-,14+/m0/s1. The van der Waals surface area contributed by atoms with Crippen molar-refractivity contribution < 1.29 is 9.53 Å². The lowest BCUT2D eigenvalue weighted by Crippen LogP contribution is -2.42. The quantitative estimate of drug-likeness (QED) is 0.900. The second-order valence-electron chi connectivity index (χ2n) is 6.44. The largest absolute Gasteiger partial charge is 0.378 e. The van der Waals surface area contributed by atoms with Crippen LogP contribution in [-0.2, 0) is 17.7 Å². The minimum absolute atomic E-state index is 0.0226. The number of aryl methyl sites for hydroxylation is 1. The van der Waals surface area contributed by atoms with Crippen molar-refractivity contribution in [2.24, 2.45) is 5.92 Å². The van der Waals surface area contributed by atoms with Gasteiger partial charge in [0.15, 0.2) is 0 Å². The van der Waals surface area contributed by atoms with Gasteiger partial charge in [0.2, 0.25) is 0 Å². The van der Waals surface area contributed by atoms with Gasteiger partial charge in [-0.15, -0.1) is 0 Å². The summed E-state index contributed by atoms with van der Waals surface area (Å²) in [6.45, 7) is 3.33. The molecule has 0 unspecified atom stereocenters. The fraction of sp³-hybridized carbons (Fsp3) is 0.750. The van der Waals surface area contributed by atoms with Crippen LogP contribution in [0, 0.1) is 5.92 Å². The molecule has 2 aliphatic rings. The van der Waals surface area contributed by atoms with E-state index in [1.165, 1.54) is 5.82 Å². The number of aromatic nitrogens is 2. The molecule has 0 spiro atoms. The van der Waals surface area contributed by atoms with Crippen LogP contribution in [0.5, 0.6) is 0 Å². The highest BCUT2D eigenvalue weighted by molar-refractivity contribution is 5.73. The van der Waals surface area contributed by atoms with E-state index >= 15 is 0 Å². The summed E-state index contributed by atoms with van der Waals surface area (Å²) in [5.41, 5.74) is 0. The zero-order valence-corrected chi connectivity index (χ0v) is 13.3. The van der Waals surface area contributed by atoms with Crippen LogP contribution in [0.2, 0.25) is 0 Å². The van der Waals surface area contributed by atoms with Crippen LogP contribution in [0.25, 0.3) is 0 Å². The number of nitrogens with zero attached hydrogens (tertiary/aromatic N) is 3. The Morgan fingerprint density at radius 1 is 1.55 bits per heavy atom. The van der Waals surface area contributed by atoms with E-state index in [2.05, 4.69) is 14.9 Å². The average molecular weight is 306 g/mol. The van der Waals surface area contributed by atoms with Gasteiger partial charge in [0, 0.05) is 52.1 Å². The van der Waals surface area contributed by atoms with E-state index in [0.29, 0.717) is 18.6 Å². The molecule has 0 radical (unpaired) electrons. The van der Waals surface area contributed by atoms with Crippen LogP contribution in [0.1, 0.15) is 31.5 Å². The lowest BCUT2D eigenvalue weighted by Gasteiger charge is -2.28. The summed E-state index contributed by atoms with van der Waals surface area (Å²) in [6.07, 6.45) is 9.53. The lowest BCUT2D eigenvalue weighted by atomic mass is 9.99. The minimum atomic E-state index is 0.0226. The fourth-order valence-corrected chi connectivity index (χ4v) is 3.40. The normalized spacial score (nSPS) is 24.0. The van der Waals surface area contributed by atoms with E-state index in [1.807, 2.05) is 24.3 Å². The molecule has 2 amide bonds. The molecule has 0 saturated carbocycles. The minimum Gasteiger partial charge on any atom is -0.378 e. The highest BCUT2D eigenvalue weighted by atomic mass is 16.5. The molecule has 22 heavy (non-hydrogen) atoms. The molecule has 0 aromatic carbocycles. The third-order valence-corrected chi connectivity index (χ3v) is 4.68. The summed E-state index contributed by atoms with van der Waals surface area (Å²) in [5.74, 6) is 1.68. The van der Waals surface area contributed by atoms with E-state index < -0.39 is 0 Å². The third kappa shape index (κ3) is 3.80. The van der Waals surface area contributed by atoms with Gasteiger partial charge >= 0.3 is 6.03 Å². The highest BCUT2D eigenvalue weighted by Crippen LogP contribution is 2.19. The van der Waals surface area contributed by atoms with Gasteiger partial charge in [-0.1, -0.05) is 0 Å². The number of urea groups is 1. The molecule has 2 aliphatic heterocycles. The Labute approximate surface area is 131 Å². The van der Waals surface area contributed by atoms with Gasteiger partial charge in [0.25, 0.3) is 0 Å². The molecule has 1 fully saturated rings. The second-order valence-corrected chi connectivity index (χ2v) is 6.44. The SMILES string of the molecule is CN(C[C@@H]1CCc2nccn2C1)C(=O)NCC[C@H]1CCCO1. The van der Waals surface area contributed by atoms with E-state index in [-0.39, 0.29) is 6.03 Å². The van der Waals surface area contributed by atoms with Crippen LogP contribution in [-0.4, -0.2) is 53.3 Å². The van der Waals surface area contributed by atoms with Gasteiger partial charge in [-0.25, -0.2) is 9.78 Å². The molecule has 3 rings (SSSR count). The van der Waals surface area contributed by atoms with E-state index in [9.17, 15) is 4.79 Å². The van der Waals surface area contributed by atoms with Crippen LogP contribution in [0.15, 0.2) is 12.4 Å². The number of hydrogen-bond acceptors (Lipinski definition) is 3. The first-order chi connectivity index (χ1) is 10.7. The monoisotopic (exact) mass is 306 g/mol. The maximum absolute atomic E-state index is 12.1. The van der Waals surface area contributed by atoms with Crippen LogP contribution in [0.3, 0.4) is 0 Å². The van der Waals surface area contributed by atoms with Crippen molar-refractivity contribution in [1.29, 1.82) is 0 Å². The molecule has 2 atom stereocenters. The third-order valence-electron chi connectivity index (χ3n) is 4.68. The Balaban J connectivity index is 1.38. The van der Waals surface area contributed by atoms with Crippen molar-refractivity contribution in [2.45, 2.75) is 44.8 Å². The molecule has 6 nitrogen and oxygen atoms in total. The zero-order valence-electron chi connectivity index (χ0n) is 13.3. The zero-order chi connectivity index (χ0) is 15.4. The molecular formula is C16H26N4O2. The summed E-state index contributed by atoms with van der Waals surface area (Å²) in [4.78, 5) is 18.3. The van der Waals surface area contributed by atoms with Gasteiger partial charge in [-0.3, -0.25) is 0 Å². The van der Waals surface area contributed by atoms with Gasteiger partial charge in [0.1, 0.15) is 5.82 Å². The molecule has 0 aliphatic carbocycles. The molecule has 1 aromatic heterocycles. The number of amides is 2. The summed E-state index contributed by atoms with van der Waals surface area (Å²) in [5, 5.41) is 3.00. The van der Waals surface area contributed by atoms with Crippen molar-refractivity contribution in [3.05, 3.63) is 18.2 Å². The maximum Gasteiger partial charge on any atom is 0.317 e. The Kier molecular flexibility index (Phi) is 4.97.